The third-order valence-electron chi connectivity index (χ3n) is 9.56. The molecule has 7 rings (SSSR count). The summed E-state index contributed by atoms with van der Waals surface area (Å²) in [5, 5.41) is 2.12. The van der Waals surface area contributed by atoms with Crippen LogP contribution in [0.4, 0.5) is 0 Å². The van der Waals surface area contributed by atoms with E-state index in [4.69, 9.17) is 9.40 Å². The number of hydrogen-bond donors (Lipinski definition) is 0. The molecule has 251 valence electrons. The van der Waals surface area contributed by atoms with Gasteiger partial charge in [0.25, 0.3) is 0 Å². The van der Waals surface area contributed by atoms with Crippen molar-refractivity contribution in [2.75, 3.05) is 0 Å². The van der Waals surface area contributed by atoms with Gasteiger partial charge in [0.2, 0.25) is 5.71 Å². The Hall–Kier alpha value is -3.12. The van der Waals surface area contributed by atoms with Crippen LogP contribution in [0.3, 0.4) is 0 Å². The van der Waals surface area contributed by atoms with Crippen molar-refractivity contribution in [1.82, 2.24) is 15.0 Å². The van der Waals surface area contributed by atoms with E-state index in [1.807, 2.05) is 37.4 Å². The first-order chi connectivity index (χ1) is 22.7. The van der Waals surface area contributed by atoms with E-state index in [2.05, 4.69) is 102 Å². The van der Waals surface area contributed by atoms with Crippen LogP contribution >= 0.6 is 0 Å². The zero-order valence-electron chi connectivity index (χ0n) is 29.2. The SMILES string of the molecule is CCC(C)Cc1cc(-c2[c-]cccc2)nc[c]1[Ge]([CH3])([CH3])[CH3].Cc1ccc2c(n1)oc1c[c-]c(-c3cc(CC4CCCC4)ccn3)cc12.[Ir]. The maximum atomic E-state index is 5.87. The van der Waals surface area contributed by atoms with Gasteiger partial charge in [-0.05, 0) is 43.2 Å². The Morgan fingerprint density at radius 1 is 0.917 bits per heavy atom. The molecule has 0 bridgehead atoms. The number of aryl methyl sites for hydroxylation is 1. The minimum absolute atomic E-state index is 0. The molecule has 1 aliphatic carbocycles. The molecule has 1 unspecified atom stereocenters. The summed E-state index contributed by atoms with van der Waals surface area (Å²) in [6.07, 6.45) is 13.1. The second-order valence-corrected chi connectivity index (χ2v) is 25.0. The maximum Gasteiger partial charge on any atom is 0.216 e. The summed E-state index contributed by atoms with van der Waals surface area (Å²) < 4.78 is 7.42. The smallest absolute Gasteiger partial charge is 0.216 e. The van der Waals surface area contributed by atoms with Crippen molar-refractivity contribution in [2.24, 2.45) is 11.8 Å². The van der Waals surface area contributed by atoms with E-state index in [-0.39, 0.29) is 20.1 Å². The van der Waals surface area contributed by atoms with Gasteiger partial charge in [0, 0.05) is 37.4 Å². The molecule has 1 saturated carbocycles. The maximum absolute atomic E-state index is 5.87. The third-order valence-corrected chi connectivity index (χ3v) is 13.9. The Bertz CT molecular complexity index is 1960. The minimum atomic E-state index is -1.87. The molecule has 0 aliphatic heterocycles. The molecule has 1 aliphatic rings. The molecular weight excluding hydrogens is 827 g/mol. The van der Waals surface area contributed by atoms with Gasteiger partial charge in [0.05, 0.1) is 5.58 Å². The van der Waals surface area contributed by atoms with Crippen LogP contribution in [-0.4, -0.2) is 28.2 Å². The first-order valence-electron chi connectivity index (χ1n) is 17.3. The van der Waals surface area contributed by atoms with Crippen LogP contribution in [0.5, 0.6) is 0 Å². The molecule has 4 nitrogen and oxygen atoms in total. The summed E-state index contributed by atoms with van der Waals surface area (Å²) >= 11 is -1.87. The summed E-state index contributed by atoms with van der Waals surface area (Å²) in [5.41, 5.74) is 9.51. The normalized spacial score (nSPS) is 14.0. The third kappa shape index (κ3) is 8.72. The number of rotatable bonds is 8. The summed E-state index contributed by atoms with van der Waals surface area (Å²) in [6, 6.07) is 29.6. The number of nitrogens with zero attached hydrogens (tertiary/aromatic N) is 3. The van der Waals surface area contributed by atoms with E-state index in [1.54, 1.807) is 4.40 Å². The van der Waals surface area contributed by atoms with Gasteiger partial charge < -0.3 is 9.40 Å². The fourth-order valence-electron chi connectivity index (χ4n) is 6.70. The van der Waals surface area contributed by atoms with Crippen molar-refractivity contribution in [3.63, 3.8) is 0 Å². The van der Waals surface area contributed by atoms with Crippen molar-refractivity contribution >= 4 is 39.7 Å². The Balaban J connectivity index is 0.000000189. The number of aromatic nitrogens is 3. The molecule has 0 saturated heterocycles. The van der Waals surface area contributed by atoms with Gasteiger partial charge in [0.15, 0.2) is 0 Å². The zero-order valence-corrected chi connectivity index (χ0v) is 33.7. The fraction of sp³-hybridized carbons (Fsp3) is 0.357. The van der Waals surface area contributed by atoms with Gasteiger partial charge in [0.1, 0.15) is 0 Å². The van der Waals surface area contributed by atoms with Crippen molar-refractivity contribution in [3.05, 3.63) is 108 Å². The van der Waals surface area contributed by atoms with Crippen LogP contribution in [0, 0.1) is 30.9 Å². The van der Waals surface area contributed by atoms with E-state index in [1.165, 1.54) is 43.2 Å². The first kappa shape index (κ1) is 36.2. The molecule has 48 heavy (non-hydrogen) atoms. The van der Waals surface area contributed by atoms with Gasteiger partial charge in [-0.2, -0.15) is 0 Å². The fourth-order valence-corrected chi connectivity index (χ4v) is 10.0. The van der Waals surface area contributed by atoms with Gasteiger partial charge in [-0.15, -0.1) is 23.8 Å². The molecule has 4 aromatic heterocycles. The van der Waals surface area contributed by atoms with E-state index in [9.17, 15) is 0 Å². The van der Waals surface area contributed by atoms with Crippen LogP contribution in [0.25, 0.3) is 44.6 Å². The largest absolute Gasteiger partial charge is 0.486 e. The molecule has 2 aromatic carbocycles. The predicted molar refractivity (Wildman–Crippen MR) is 199 cm³/mol. The summed E-state index contributed by atoms with van der Waals surface area (Å²) in [4.78, 5) is 13.8. The number of benzene rings is 2. The van der Waals surface area contributed by atoms with Gasteiger partial charge in [-0.3, -0.25) is 0 Å². The van der Waals surface area contributed by atoms with E-state index in [0.717, 1.165) is 69.2 Å². The quantitative estimate of drug-likeness (QED) is 0.113. The molecule has 0 spiro atoms. The topological polar surface area (TPSA) is 51.8 Å². The Morgan fingerprint density at radius 3 is 2.44 bits per heavy atom. The van der Waals surface area contributed by atoms with Crippen LogP contribution in [0.2, 0.25) is 17.3 Å². The Labute approximate surface area is 302 Å². The minimum Gasteiger partial charge on any atom is -0.486 e. The molecule has 0 N–H and O–H groups in total. The van der Waals surface area contributed by atoms with Crippen molar-refractivity contribution in [1.29, 1.82) is 0 Å². The average molecular weight is 875 g/mol. The van der Waals surface area contributed by atoms with E-state index in [0.29, 0.717) is 5.71 Å². The van der Waals surface area contributed by atoms with Crippen molar-refractivity contribution in [2.45, 2.75) is 83.0 Å². The van der Waals surface area contributed by atoms with Gasteiger partial charge >= 0.3 is 132 Å². The molecule has 1 atom stereocenters. The van der Waals surface area contributed by atoms with Gasteiger partial charge in [-0.1, -0.05) is 42.7 Å². The zero-order chi connectivity index (χ0) is 33.0. The number of hydrogen-bond acceptors (Lipinski definition) is 4. The molecular formula is C42H47GeIrN3O-2. The second-order valence-electron chi connectivity index (χ2n) is 14.4. The molecule has 6 heteroatoms. The number of pyridine rings is 3. The standard InChI is InChI=1S/C23H21N2O.C19H26GeN.Ir/c1-15-6-8-19-20-14-18(7-9-22(20)26-23(19)25-15)21-13-17(10-11-24-21)12-16-4-2-3-5-16;1-6-15(2)12-17-13-19(16-10-8-7-9-11-16)21-14-18(17)20(3,4)5;/h6,8-11,13-14,16H,2-5,12H2,1H3;7-10,13-15H,6,12H2,1-5H3;/q2*-1;. The molecule has 1 fully saturated rings. The van der Waals surface area contributed by atoms with Crippen LogP contribution in [-0.2, 0) is 32.9 Å². The summed E-state index contributed by atoms with van der Waals surface area (Å²) in [5.74, 6) is 8.91. The Kier molecular flexibility index (Phi) is 12.1. The number of fused-ring (bicyclic) bond motifs is 3. The average Bonchev–Trinajstić information content (AvgIpc) is 3.72. The van der Waals surface area contributed by atoms with Crippen molar-refractivity contribution < 1.29 is 24.5 Å². The monoisotopic (exact) mass is 876 g/mol. The van der Waals surface area contributed by atoms with Gasteiger partial charge in [-0.25, -0.2) is 4.98 Å². The van der Waals surface area contributed by atoms with E-state index >= 15 is 0 Å². The molecule has 6 aromatic rings. The molecule has 1 radical (unpaired) electrons. The van der Waals surface area contributed by atoms with Crippen molar-refractivity contribution in [3.8, 4) is 22.5 Å². The second kappa shape index (κ2) is 16.1. The summed E-state index contributed by atoms with van der Waals surface area (Å²) in [6.45, 7) is 6.59. The first-order valence-corrected chi connectivity index (χ1v) is 24.7. The molecule has 0 amide bonds. The van der Waals surface area contributed by atoms with Crippen LogP contribution in [0.15, 0.2) is 83.5 Å². The molecule has 4 heterocycles. The van der Waals surface area contributed by atoms with E-state index < -0.39 is 13.3 Å². The predicted octanol–water partition coefficient (Wildman–Crippen LogP) is 10.6. The Morgan fingerprint density at radius 2 is 1.71 bits per heavy atom. The van der Waals surface area contributed by atoms with Crippen LogP contribution < -0.4 is 4.40 Å². The van der Waals surface area contributed by atoms with Crippen LogP contribution in [0.1, 0.15) is 62.8 Å². The number of furan rings is 1. The summed E-state index contributed by atoms with van der Waals surface area (Å²) in [7, 11) is 0.